The van der Waals surface area contributed by atoms with Gasteiger partial charge in [0.25, 0.3) is 0 Å². The maximum atomic E-state index is 2.41. The maximum Gasteiger partial charge on any atom is 0.0160 e. The number of halogens is 2. The van der Waals surface area contributed by atoms with Gasteiger partial charge in [-0.3, -0.25) is 0 Å². The van der Waals surface area contributed by atoms with Crippen molar-refractivity contribution in [2.45, 2.75) is 39.5 Å². The molecule has 0 aliphatic rings. The minimum atomic E-state index is 0.500. The second-order valence-electron chi connectivity index (χ2n) is 5.84. The van der Waals surface area contributed by atoms with Gasteiger partial charge in [0, 0.05) is 7.15 Å². The highest BCUT2D eigenvalue weighted by atomic mass is 127. The molecule has 0 amide bonds. The van der Waals surface area contributed by atoms with Crippen molar-refractivity contribution in [2.24, 2.45) is 0 Å². The van der Waals surface area contributed by atoms with E-state index in [1.165, 1.54) is 29.4 Å². The molecule has 0 bridgehead atoms. The predicted molar refractivity (Wildman–Crippen MR) is 115 cm³/mol. The van der Waals surface area contributed by atoms with E-state index in [1.54, 1.807) is 0 Å². The Balaban J connectivity index is 2.32. The van der Waals surface area contributed by atoms with Crippen LogP contribution in [0.5, 0.6) is 0 Å². The topological polar surface area (TPSA) is 0 Å². The Bertz CT molecular complexity index is 686. The molecular formula is C20H22I2. The summed E-state index contributed by atoms with van der Waals surface area (Å²) < 4.78 is 2.62. The number of hydrogen-bond donors (Lipinski definition) is 0. The maximum absolute atomic E-state index is 2.41. The number of allylic oxidation sites excluding steroid dienone is 1. The average molecular weight is 516 g/mol. The van der Waals surface area contributed by atoms with Crippen LogP contribution in [-0.4, -0.2) is 0 Å². The first kappa shape index (κ1) is 18.0. The first-order chi connectivity index (χ1) is 10.4. The summed E-state index contributed by atoms with van der Waals surface area (Å²) in [6.07, 6.45) is 2.16. The second-order valence-corrected chi connectivity index (χ2v) is 8.25. The summed E-state index contributed by atoms with van der Waals surface area (Å²) in [5.74, 6) is 1.01. The van der Waals surface area contributed by atoms with Crippen LogP contribution < -0.4 is 0 Å². The monoisotopic (exact) mass is 516 g/mol. The van der Waals surface area contributed by atoms with Crippen molar-refractivity contribution >= 4 is 48.8 Å². The summed E-state index contributed by atoms with van der Waals surface area (Å²) in [6.45, 7) is 8.99. The molecule has 0 saturated heterocycles. The molecule has 0 aliphatic carbocycles. The van der Waals surface area contributed by atoms with E-state index in [-0.39, 0.29) is 0 Å². The van der Waals surface area contributed by atoms with Gasteiger partial charge in [-0.05, 0) is 105 Å². The Morgan fingerprint density at radius 2 is 1.77 bits per heavy atom. The Kier molecular flexibility index (Phi) is 6.50. The van der Waals surface area contributed by atoms with Crippen LogP contribution in [-0.2, 0) is 0 Å². The quantitative estimate of drug-likeness (QED) is 0.374. The molecule has 2 aromatic carbocycles. The van der Waals surface area contributed by atoms with Gasteiger partial charge in [-0.15, -0.1) is 0 Å². The van der Waals surface area contributed by atoms with E-state index < -0.39 is 0 Å². The van der Waals surface area contributed by atoms with Crippen LogP contribution in [0.1, 0.15) is 54.9 Å². The van der Waals surface area contributed by atoms with Crippen molar-refractivity contribution in [1.82, 2.24) is 0 Å². The third kappa shape index (κ3) is 4.13. The van der Waals surface area contributed by atoms with Crippen molar-refractivity contribution in [3.63, 3.8) is 0 Å². The Morgan fingerprint density at radius 1 is 1.05 bits per heavy atom. The SMILES string of the molecule is C/C=C(\I)c1cccc([C@H](C)[C@H](C)c2ccc(I)cc2C)c1. The number of rotatable bonds is 4. The molecular weight excluding hydrogens is 494 g/mol. The lowest BCUT2D eigenvalue weighted by Crippen LogP contribution is -2.07. The zero-order valence-corrected chi connectivity index (χ0v) is 17.8. The van der Waals surface area contributed by atoms with Crippen molar-refractivity contribution in [2.75, 3.05) is 0 Å². The highest BCUT2D eigenvalue weighted by molar-refractivity contribution is 14.1. The summed E-state index contributed by atoms with van der Waals surface area (Å²) in [5.41, 5.74) is 5.59. The third-order valence-electron chi connectivity index (χ3n) is 4.41. The molecule has 2 atom stereocenters. The molecule has 22 heavy (non-hydrogen) atoms. The van der Waals surface area contributed by atoms with Crippen LogP contribution in [0, 0.1) is 10.5 Å². The van der Waals surface area contributed by atoms with Crippen LogP contribution in [0.2, 0.25) is 0 Å². The number of aryl methyl sites for hydroxylation is 1. The zero-order valence-electron chi connectivity index (χ0n) is 13.5. The van der Waals surface area contributed by atoms with Crippen LogP contribution in [0.15, 0.2) is 48.5 Å². The fraction of sp³-hybridized carbons (Fsp3) is 0.300. The first-order valence-electron chi connectivity index (χ1n) is 7.62. The van der Waals surface area contributed by atoms with Gasteiger partial charge in [0.2, 0.25) is 0 Å². The molecule has 0 unspecified atom stereocenters. The lowest BCUT2D eigenvalue weighted by molar-refractivity contribution is 0.620. The van der Waals surface area contributed by atoms with Gasteiger partial charge in [0.15, 0.2) is 0 Å². The minimum absolute atomic E-state index is 0.500. The van der Waals surface area contributed by atoms with Crippen molar-refractivity contribution in [3.05, 3.63) is 74.4 Å². The molecule has 0 heterocycles. The fourth-order valence-electron chi connectivity index (χ4n) is 2.85. The highest BCUT2D eigenvalue weighted by Gasteiger charge is 2.18. The molecule has 2 heteroatoms. The van der Waals surface area contributed by atoms with Gasteiger partial charge in [-0.2, -0.15) is 0 Å². The van der Waals surface area contributed by atoms with Crippen LogP contribution in [0.25, 0.3) is 3.58 Å². The van der Waals surface area contributed by atoms with E-state index in [9.17, 15) is 0 Å². The smallest absolute Gasteiger partial charge is 0.0160 e. The molecule has 0 nitrogen and oxygen atoms in total. The summed E-state index contributed by atoms with van der Waals surface area (Å²) in [7, 11) is 0. The molecule has 2 rings (SSSR count). The molecule has 116 valence electrons. The summed E-state index contributed by atoms with van der Waals surface area (Å²) in [6, 6.07) is 15.7. The van der Waals surface area contributed by atoms with Crippen LogP contribution >= 0.6 is 45.2 Å². The average Bonchev–Trinajstić information content (AvgIpc) is 2.53. The predicted octanol–water partition coefficient (Wildman–Crippen LogP) is 7.30. The van der Waals surface area contributed by atoms with E-state index in [0.717, 1.165) is 0 Å². The molecule has 0 aromatic heterocycles. The molecule has 0 spiro atoms. The van der Waals surface area contributed by atoms with E-state index in [0.29, 0.717) is 11.8 Å². The van der Waals surface area contributed by atoms with E-state index >= 15 is 0 Å². The third-order valence-corrected chi connectivity index (χ3v) is 6.33. The Hall–Kier alpha value is -0.360. The van der Waals surface area contributed by atoms with Gasteiger partial charge in [0.05, 0.1) is 0 Å². The normalized spacial score (nSPS) is 14.7. The van der Waals surface area contributed by atoms with E-state index in [4.69, 9.17) is 0 Å². The van der Waals surface area contributed by atoms with Gasteiger partial charge in [-0.25, -0.2) is 0 Å². The fourth-order valence-corrected chi connectivity index (χ4v) is 3.83. The Morgan fingerprint density at radius 3 is 2.41 bits per heavy atom. The molecule has 0 saturated carbocycles. The largest absolute Gasteiger partial charge is 0.0736 e. The van der Waals surface area contributed by atoms with Gasteiger partial charge in [0.1, 0.15) is 0 Å². The molecule has 0 aliphatic heterocycles. The number of hydrogen-bond acceptors (Lipinski definition) is 0. The first-order valence-corrected chi connectivity index (χ1v) is 9.78. The molecule has 0 N–H and O–H groups in total. The van der Waals surface area contributed by atoms with Crippen molar-refractivity contribution in [3.8, 4) is 0 Å². The lowest BCUT2D eigenvalue weighted by atomic mass is 9.82. The summed E-state index contributed by atoms with van der Waals surface area (Å²) in [5, 5.41) is 0. The zero-order chi connectivity index (χ0) is 16.3. The molecule has 0 fully saturated rings. The number of benzene rings is 2. The van der Waals surface area contributed by atoms with Crippen molar-refractivity contribution < 1.29 is 0 Å². The summed E-state index contributed by atoms with van der Waals surface area (Å²) in [4.78, 5) is 0. The molecule has 2 aromatic rings. The minimum Gasteiger partial charge on any atom is -0.0736 e. The molecule has 0 radical (unpaired) electrons. The second kappa shape index (κ2) is 7.95. The van der Waals surface area contributed by atoms with Crippen molar-refractivity contribution in [1.29, 1.82) is 0 Å². The highest BCUT2D eigenvalue weighted by Crippen LogP contribution is 2.35. The van der Waals surface area contributed by atoms with E-state index in [2.05, 4.69) is 121 Å². The van der Waals surface area contributed by atoms with E-state index in [1.807, 2.05) is 0 Å². The van der Waals surface area contributed by atoms with Gasteiger partial charge in [-0.1, -0.05) is 50.3 Å². The Labute approximate surface area is 161 Å². The van der Waals surface area contributed by atoms with Crippen LogP contribution in [0.3, 0.4) is 0 Å². The van der Waals surface area contributed by atoms with Gasteiger partial charge < -0.3 is 0 Å². The van der Waals surface area contributed by atoms with Crippen LogP contribution in [0.4, 0.5) is 0 Å². The summed E-state index contributed by atoms with van der Waals surface area (Å²) >= 11 is 4.79. The lowest BCUT2D eigenvalue weighted by Gasteiger charge is -2.23. The standard InChI is InChI=1S/C20H22I2/c1-5-20(22)17-8-6-7-16(12-17)14(3)15(4)19-10-9-18(21)11-13(19)2/h5-12,14-15H,1-4H3/b20-5-/t14-,15+/m1/s1. The van der Waals surface area contributed by atoms with Gasteiger partial charge >= 0.3 is 0 Å².